The first kappa shape index (κ1) is 25.8. The monoisotopic (exact) mass is 465 g/mol. The van der Waals surface area contributed by atoms with E-state index < -0.39 is 32.4 Å². The van der Waals surface area contributed by atoms with Crippen LogP contribution < -0.4 is 5.09 Å². The van der Waals surface area contributed by atoms with Crippen LogP contribution in [-0.2, 0) is 23.4 Å². The van der Waals surface area contributed by atoms with Crippen LogP contribution in [0.15, 0.2) is 54.9 Å². The van der Waals surface area contributed by atoms with Crippen LogP contribution in [0.4, 0.5) is 0 Å². The third kappa shape index (κ3) is 8.98. The summed E-state index contributed by atoms with van der Waals surface area (Å²) in [6.07, 6.45) is 1.95. The zero-order valence-corrected chi connectivity index (χ0v) is 19.2. The lowest BCUT2D eigenvalue weighted by Gasteiger charge is -2.12. The van der Waals surface area contributed by atoms with Crippen molar-refractivity contribution >= 4 is 14.1 Å². The summed E-state index contributed by atoms with van der Waals surface area (Å²) < 4.78 is 27.9. The Morgan fingerprint density at radius 2 is 1.88 bits per heavy atom. The fraction of sp³-hybridized carbons (Fsp3) is 0.455. The fourth-order valence-corrected chi connectivity index (χ4v) is 3.60. The van der Waals surface area contributed by atoms with Crippen LogP contribution in [0, 0.1) is 0 Å². The highest BCUT2D eigenvalue weighted by molar-refractivity contribution is 7.36. The number of nitrogens with one attached hydrogen (secondary N) is 1. The van der Waals surface area contributed by atoms with E-state index in [0.29, 0.717) is 12.2 Å². The number of hydrogen-bond acceptors (Lipinski definition) is 8. The van der Waals surface area contributed by atoms with E-state index in [9.17, 15) is 14.5 Å². The number of aliphatic hydroxyl groups is 1. The van der Waals surface area contributed by atoms with Gasteiger partial charge in [-0.25, -0.2) is 0 Å². The van der Waals surface area contributed by atoms with Crippen molar-refractivity contribution < 1.29 is 33.6 Å². The minimum Gasteiger partial charge on any atom is -0.508 e. The molecular formula is C22H30N2O7P+. The minimum absolute atomic E-state index is 0.0447. The number of para-hydroxylation sites is 1. The van der Waals surface area contributed by atoms with Gasteiger partial charge in [0.2, 0.25) is 0 Å². The van der Waals surface area contributed by atoms with E-state index >= 15 is 0 Å². The topological polar surface area (TPSA) is 127 Å². The summed E-state index contributed by atoms with van der Waals surface area (Å²) in [5.74, 6) is -0.181. The molecule has 2 heterocycles. The molecule has 0 saturated carbocycles. The number of pyridine rings is 1. The molecule has 1 fully saturated rings. The Balaban J connectivity index is 0.000000439. The van der Waals surface area contributed by atoms with Crippen LogP contribution in [0.5, 0.6) is 5.75 Å². The summed E-state index contributed by atoms with van der Waals surface area (Å²) in [7, 11) is -2.28. The number of phenolic OH excluding ortho intramolecular Hbond substituents is 1. The number of phenols is 1. The molecule has 3 unspecified atom stereocenters. The molecule has 32 heavy (non-hydrogen) atoms. The maximum Gasteiger partial charge on any atom is 0.613 e. The van der Waals surface area contributed by atoms with E-state index in [1.165, 1.54) is 0 Å². The number of rotatable bonds is 8. The quantitative estimate of drug-likeness (QED) is 0.398. The average molecular weight is 465 g/mol. The zero-order valence-electron chi connectivity index (χ0n) is 18.3. The Hall–Kier alpha value is -2.42. The predicted molar refractivity (Wildman–Crippen MR) is 118 cm³/mol. The van der Waals surface area contributed by atoms with Crippen molar-refractivity contribution in [2.24, 2.45) is 0 Å². The van der Waals surface area contributed by atoms with Gasteiger partial charge in [-0.15, -0.1) is 4.52 Å². The van der Waals surface area contributed by atoms with Crippen LogP contribution in [0.25, 0.3) is 0 Å². The third-order valence-corrected chi connectivity index (χ3v) is 5.40. The Bertz CT molecular complexity index is 839. The average Bonchev–Trinajstić information content (AvgIpc) is 3.14. The zero-order chi connectivity index (χ0) is 23.5. The van der Waals surface area contributed by atoms with Crippen LogP contribution in [0.1, 0.15) is 38.9 Å². The maximum atomic E-state index is 11.9. The lowest BCUT2D eigenvalue weighted by atomic mass is 10.1. The summed E-state index contributed by atoms with van der Waals surface area (Å²) in [5.41, 5.74) is 0.920. The molecule has 1 saturated heterocycles. The molecule has 9 nitrogen and oxygen atoms in total. The first-order valence-electron chi connectivity index (χ1n) is 10.3. The second kappa shape index (κ2) is 13.2. The molecule has 174 valence electrons. The van der Waals surface area contributed by atoms with Crippen molar-refractivity contribution in [1.82, 2.24) is 10.1 Å². The van der Waals surface area contributed by atoms with E-state index in [1.807, 2.05) is 18.2 Å². The van der Waals surface area contributed by atoms with E-state index in [1.54, 1.807) is 57.4 Å². The summed E-state index contributed by atoms with van der Waals surface area (Å²) in [6.45, 7) is 4.97. The number of carbonyl (C=O) groups is 1. The second-order valence-corrected chi connectivity index (χ2v) is 8.50. The lowest BCUT2D eigenvalue weighted by molar-refractivity contribution is -0.149. The van der Waals surface area contributed by atoms with Crippen molar-refractivity contribution in [3.05, 3.63) is 60.4 Å². The molecule has 10 heteroatoms. The molecule has 0 radical (unpaired) electrons. The lowest BCUT2D eigenvalue weighted by Crippen LogP contribution is -2.33. The molecule has 1 aromatic carbocycles. The molecule has 0 aliphatic carbocycles. The highest BCUT2D eigenvalue weighted by Gasteiger charge is 2.38. The first-order chi connectivity index (χ1) is 15.3. The Kier molecular flexibility index (Phi) is 10.7. The number of carbonyl (C=O) groups excluding carboxylic acids is 1. The van der Waals surface area contributed by atoms with Gasteiger partial charge in [0.15, 0.2) is 0 Å². The summed E-state index contributed by atoms with van der Waals surface area (Å²) in [4.78, 5) is 15.6. The molecule has 0 amide bonds. The van der Waals surface area contributed by atoms with E-state index in [2.05, 4.69) is 10.1 Å². The minimum atomic E-state index is -2.28. The Morgan fingerprint density at radius 3 is 2.44 bits per heavy atom. The van der Waals surface area contributed by atoms with Gasteiger partial charge in [-0.3, -0.25) is 9.78 Å². The van der Waals surface area contributed by atoms with Gasteiger partial charge in [0.05, 0.1) is 18.3 Å². The number of aromatic nitrogens is 1. The molecule has 3 rings (SSSR count). The number of aromatic hydroxyl groups is 1. The van der Waals surface area contributed by atoms with Crippen molar-refractivity contribution in [2.75, 3.05) is 6.61 Å². The normalized spacial score (nSPS) is 21.4. The van der Waals surface area contributed by atoms with Gasteiger partial charge in [-0.2, -0.15) is 0 Å². The molecule has 0 spiro atoms. The number of nitrogens with zero attached hydrogens (tertiary/aromatic N) is 1. The highest BCUT2D eigenvalue weighted by Crippen LogP contribution is 2.34. The molecule has 1 aromatic heterocycles. The van der Waals surface area contributed by atoms with Gasteiger partial charge in [0.25, 0.3) is 0 Å². The number of hydrogen-bond donors (Lipinski definition) is 3. The molecule has 0 bridgehead atoms. The van der Waals surface area contributed by atoms with Crippen LogP contribution in [0.2, 0.25) is 0 Å². The smallest absolute Gasteiger partial charge is 0.508 e. The first-order valence-corrected chi connectivity index (χ1v) is 11.5. The predicted octanol–water partition coefficient (Wildman–Crippen LogP) is 3.27. The van der Waals surface area contributed by atoms with Gasteiger partial charge >= 0.3 is 14.1 Å². The molecule has 1 aliphatic rings. The molecule has 1 aliphatic heterocycles. The number of benzene rings is 1. The highest BCUT2D eigenvalue weighted by atomic mass is 31.1. The maximum absolute atomic E-state index is 11.9. The molecule has 3 N–H and O–H groups in total. The standard InChI is InChI=1S/C16H24N2O6P.C6H6O/c1-10(2)23-16(20)11(3)18-25(21)22-9-15-13(19)8-14(24-15)12-4-6-17-7-5-12;7-6-4-2-1-3-5-6/h4-7,10-11,13-15,19H,8-9H2,1-3H3,(H,18,21);1-5,7H/q+1;/t11-,13?,14?,15-;/m1./s1. The van der Waals surface area contributed by atoms with Gasteiger partial charge in [0, 0.05) is 18.8 Å². The van der Waals surface area contributed by atoms with Gasteiger partial charge in [-0.05, 0) is 55.2 Å². The molecular weight excluding hydrogens is 435 g/mol. The van der Waals surface area contributed by atoms with Crippen LogP contribution in [0.3, 0.4) is 0 Å². The van der Waals surface area contributed by atoms with Gasteiger partial charge in [-0.1, -0.05) is 23.3 Å². The van der Waals surface area contributed by atoms with Gasteiger partial charge in [0.1, 0.15) is 24.5 Å². The third-order valence-electron chi connectivity index (χ3n) is 4.42. The van der Waals surface area contributed by atoms with Crippen molar-refractivity contribution in [1.29, 1.82) is 0 Å². The Morgan fingerprint density at radius 1 is 1.22 bits per heavy atom. The number of esters is 1. The second-order valence-electron chi connectivity index (χ2n) is 7.47. The van der Waals surface area contributed by atoms with E-state index in [-0.39, 0.29) is 18.8 Å². The van der Waals surface area contributed by atoms with Gasteiger partial charge < -0.3 is 19.7 Å². The summed E-state index contributed by atoms with van der Waals surface area (Å²) in [5, 5.41) is 21.3. The number of ether oxygens (including phenoxy) is 2. The number of aliphatic hydroxyl groups excluding tert-OH is 1. The largest absolute Gasteiger partial charge is 0.613 e. The summed E-state index contributed by atoms with van der Waals surface area (Å²) in [6, 6.07) is 11.6. The van der Waals surface area contributed by atoms with Crippen LogP contribution in [-0.4, -0.2) is 52.1 Å². The fourth-order valence-electron chi connectivity index (χ4n) is 2.82. The van der Waals surface area contributed by atoms with Crippen molar-refractivity contribution in [2.45, 2.75) is 57.6 Å². The molecule has 5 atom stereocenters. The SMILES string of the molecule is CC(C)OC(=O)[C@@H](C)N[P+](=O)OC[C@H]1OC(c2ccncc2)CC1O.Oc1ccccc1. The van der Waals surface area contributed by atoms with Crippen LogP contribution >= 0.6 is 8.18 Å². The Labute approximate surface area is 188 Å². The van der Waals surface area contributed by atoms with E-state index in [4.69, 9.17) is 19.1 Å². The molecule has 2 aromatic rings. The summed E-state index contributed by atoms with van der Waals surface area (Å²) >= 11 is 0. The van der Waals surface area contributed by atoms with E-state index in [0.717, 1.165) is 5.56 Å². The van der Waals surface area contributed by atoms with Crippen molar-refractivity contribution in [3.8, 4) is 5.75 Å². The van der Waals surface area contributed by atoms with Crippen molar-refractivity contribution in [3.63, 3.8) is 0 Å².